The lowest BCUT2D eigenvalue weighted by atomic mass is 9.99. The average molecular weight is 370 g/mol. The van der Waals surface area contributed by atoms with Crippen molar-refractivity contribution in [1.82, 2.24) is 14.9 Å². The molecule has 0 aliphatic carbocycles. The molecule has 0 atom stereocenters. The molecule has 0 fully saturated rings. The lowest BCUT2D eigenvalue weighted by Gasteiger charge is -2.19. The predicted octanol–water partition coefficient (Wildman–Crippen LogP) is 1.95. The number of nitro groups is 1. The zero-order valence-electron chi connectivity index (χ0n) is 13.4. The van der Waals surface area contributed by atoms with Crippen molar-refractivity contribution in [1.29, 1.82) is 0 Å². The molecule has 1 aliphatic heterocycles. The molecular weight excluding hydrogens is 353 g/mol. The number of fused-ring (bicyclic) bond motifs is 1. The van der Waals surface area contributed by atoms with Gasteiger partial charge in [-0.25, -0.2) is 4.39 Å². The molecule has 2 aromatic rings. The van der Waals surface area contributed by atoms with Crippen LogP contribution in [0.1, 0.15) is 17.0 Å². The summed E-state index contributed by atoms with van der Waals surface area (Å²) in [6, 6.07) is 3.32. The molecule has 10 heteroatoms. The van der Waals surface area contributed by atoms with E-state index in [0.29, 0.717) is 30.9 Å². The number of benzene rings is 1. The highest BCUT2D eigenvalue weighted by Crippen LogP contribution is 2.24. The summed E-state index contributed by atoms with van der Waals surface area (Å²) in [5, 5.41) is 16.4. The fourth-order valence-corrected chi connectivity index (χ4v) is 2.71. The van der Waals surface area contributed by atoms with Crippen LogP contribution in [0, 0.1) is 22.9 Å². The van der Waals surface area contributed by atoms with Gasteiger partial charge in [-0.15, -0.1) is 12.4 Å². The molecule has 3 rings (SSSR count). The number of rotatable bonds is 4. The summed E-state index contributed by atoms with van der Waals surface area (Å²) in [7, 11) is 0. The van der Waals surface area contributed by atoms with Crippen LogP contribution in [0.3, 0.4) is 0 Å². The van der Waals surface area contributed by atoms with Crippen LogP contribution in [0.5, 0.6) is 0 Å². The Bertz CT molecular complexity index is 824. The molecule has 1 aliphatic rings. The molecular formula is C15H17ClFN5O3. The fourth-order valence-electron chi connectivity index (χ4n) is 2.71. The zero-order chi connectivity index (χ0) is 17.3. The molecule has 0 radical (unpaired) electrons. The standard InChI is InChI=1S/C15H16FN5O3.ClH/c1-9-18-13(21(23)24)7-20(9)8-14(22)19-12-3-2-10-6-17-5-4-11(10)15(12)16;/h2-3,7,17H,4-6,8H2,1H3,(H,19,22);1H. The van der Waals surface area contributed by atoms with Gasteiger partial charge in [0.1, 0.15) is 18.6 Å². The van der Waals surface area contributed by atoms with E-state index in [9.17, 15) is 19.3 Å². The summed E-state index contributed by atoms with van der Waals surface area (Å²) in [6.07, 6.45) is 1.75. The largest absolute Gasteiger partial charge is 0.381 e. The van der Waals surface area contributed by atoms with Crippen molar-refractivity contribution in [2.24, 2.45) is 0 Å². The van der Waals surface area contributed by atoms with Gasteiger partial charge in [-0.2, -0.15) is 0 Å². The topological polar surface area (TPSA) is 102 Å². The van der Waals surface area contributed by atoms with Gasteiger partial charge in [0.05, 0.1) is 5.69 Å². The lowest BCUT2D eigenvalue weighted by molar-refractivity contribution is -0.389. The first kappa shape index (κ1) is 18.8. The number of hydrogen-bond acceptors (Lipinski definition) is 5. The van der Waals surface area contributed by atoms with E-state index < -0.39 is 16.6 Å². The number of aryl methyl sites for hydroxylation is 1. The highest BCUT2D eigenvalue weighted by molar-refractivity contribution is 5.91. The molecule has 1 amide bonds. The normalized spacial score (nSPS) is 12.9. The highest BCUT2D eigenvalue weighted by Gasteiger charge is 2.20. The van der Waals surface area contributed by atoms with Gasteiger partial charge in [0.15, 0.2) is 0 Å². The van der Waals surface area contributed by atoms with E-state index in [0.717, 1.165) is 5.56 Å². The Labute approximate surface area is 149 Å². The molecule has 134 valence electrons. The second kappa shape index (κ2) is 7.58. The number of halogens is 2. The maximum absolute atomic E-state index is 14.5. The van der Waals surface area contributed by atoms with E-state index in [2.05, 4.69) is 15.6 Å². The highest BCUT2D eigenvalue weighted by atomic mass is 35.5. The third-order valence-electron chi connectivity index (χ3n) is 3.95. The Kier molecular flexibility index (Phi) is 5.70. The summed E-state index contributed by atoms with van der Waals surface area (Å²) in [6.45, 7) is 2.69. The van der Waals surface area contributed by atoms with Crippen LogP contribution in [-0.4, -0.2) is 26.9 Å². The SMILES string of the molecule is Cc1nc([N+](=O)[O-])cn1CC(=O)Nc1ccc2c(c1F)CCNC2.Cl. The molecule has 0 bridgehead atoms. The van der Waals surface area contributed by atoms with E-state index in [1.165, 1.54) is 16.8 Å². The first-order valence-corrected chi connectivity index (χ1v) is 7.44. The molecule has 1 aromatic heterocycles. The Balaban J connectivity index is 0.00000225. The third kappa shape index (κ3) is 3.94. The second-order valence-corrected chi connectivity index (χ2v) is 5.57. The van der Waals surface area contributed by atoms with Gasteiger partial charge >= 0.3 is 5.82 Å². The molecule has 0 spiro atoms. The maximum atomic E-state index is 14.5. The van der Waals surface area contributed by atoms with Crippen molar-refractivity contribution in [3.63, 3.8) is 0 Å². The summed E-state index contributed by atoms with van der Waals surface area (Å²) < 4.78 is 15.8. The number of hydrogen-bond donors (Lipinski definition) is 2. The van der Waals surface area contributed by atoms with Gasteiger partial charge in [0, 0.05) is 13.5 Å². The van der Waals surface area contributed by atoms with Crippen LogP contribution < -0.4 is 10.6 Å². The van der Waals surface area contributed by atoms with E-state index in [4.69, 9.17) is 0 Å². The van der Waals surface area contributed by atoms with Crippen molar-refractivity contribution in [3.8, 4) is 0 Å². The van der Waals surface area contributed by atoms with E-state index in [1.54, 1.807) is 13.0 Å². The van der Waals surface area contributed by atoms with Crippen LogP contribution in [0.4, 0.5) is 15.9 Å². The van der Waals surface area contributed by atoms with Gasteiger partial charge in [0.25, 0.3) is 0 Å². The Morgan fingerprint density at radius 1 is 1.52 bits per heavy atom. The summed E-state index contributed by atoms with van der Waals surface area (Å²) in [5.41, 5.74) is 1.62. The Morgan fingerprint density at radius 2 is 2.28 bits per heavy atom. The van der Waals surface area contributed by atoms with Crippen LogP contribution >= 0.6 is 12.4 Å². The molecule has 8 nitrogen and oxygen atoms in total. The van der Waals surface area contributed by atoms with Gasteiger partial charge in [-0.05, 0) is 40.1 Å². The number of carbonyl (C=O) groups is 1. The molecule has 2 N–H and O–H groups in total. The Morgan fingerprint density at radius 3 is 2.96 bits per heavy atom. The van der Waals surface area contributed by atoms with Crippen LogP contribution in [0.15, 0.2) is 18.3 Å². The minimum atomic E-state index is -0.626. The Hall–Kier alpha value is -2.52. The molecule has 2 heterocycles. The van der Waals surface area contributed by atoms with Crippen molar-refractivity contribution in [2.75, 3.05) is 11.9 Å². The number of aromatic nitrogens is 2. The second-order valence-electron chi connectivity index (χ2n) is 5.57. The first-order chi connectivity index (χ1) is 11.5. The number of nitrogens with one attached hydrogen (secondary N) is 2. The maximum Gasteiger partial charge on any atom is 0.381 e. The smallest absolute Gasteiger partial charge is 0.358 e. The average Bonchev–Trinajstić information content (AvgIpc) is 2.91. The summed E-state index contributed by atoms with van der Waals surface area (Å²) in [4.78, 5) is 25.9. The van der Waals surface area contributed by atoms with Crippen molar-refractivity contribution in [3.05, 3.63) is 51.2 Å². The zero-order valence-corrected chi connectivity index (χ0v) is 14.2. The quantitative estimate of drug-likeness (QED) is 0.633. The lowest BCUT2D eigenvalue weighted by Crippen LogP contribution is -2.25. The van der Waals surface area contributed by atoms with Gasteiger partial charge < -0.3 is 20.7 Å². The van der Waals surface area contributed by atoms with Gasteiger partial charge in [-0.1, -0.05) is 6.07 Å². The van der Waals surface area contributed by atoms with E-state index in [-0.39, 0.29) is 30.5 Å². The number of nitrogens with zero attached hydrogens (tertiary/aromatic N) is 3. The number of anilines is 1. The molecule has 25 heavy (non-hydrogen) atoms. The fraction of sp³-hybridized carbons (Fsp3) is 0.333. The van der Waals surface area contributed by atoms with Crippen molar-refractivity contribution in [2.45, 2.75) is 26.4 Å². The van der Waals surface area contributed by atoms with Crippen LogP contribution in [0.25, 0.3) is 0 Å². The van der Waals surface area contributed by atoms with Gasteiger partial charge in [0.2, 0.25) is 11.7 Å². The van der Waals surface area contributed by atoms with Crippen molar-refractivity contribution < 1.29 is 14.1 Å². The minimum Gasteiger partial charge on any atom is -0.358 e. The van der Waals surface area contributed by atoms with E-state index >= 15 is 0 Å². The molecule has 0 unspecified atom stereocenters. The van der Waals surface area contributed by atoms with Gasteiger partial charge in [-0.3, -0.25) is 9.36 Å². The number of carbonyl (C=O) groups excluding carboxylic acids is 1. The third-order valence-corrected chi connectivity index (χ3v) is 3.95. The first-order valence-electron chi connectivity index (χ1n) is 7.44. The summed E-state index contributed by atoms with van der Waals surface area (Å²) in [5.74, 6) is -0.879. The monoisotopic (exact) mass is 369 g/mol. The van der Waals surface area contributed by atoms with Crippen LogP contribution in [-0.2, 0) is 24.3 Å². The van der Waals surface area contributed by atoms with E-state index in [1.807, 2.05) is 0 Å². The minimum absolute atomic E-state index is 0. The summed E-state index contributed by atoms with van der Waals surface area (Å²) >= 11 is 0. The molecule has 0 saturated heterocycles. The molecule has 0 saturated carbocycles. The number of imidazole rings is 1. The predicted molar refractivity (Wildman–Crippen MR) is 91.3 cm³/mol. The van der Waals surface area contributed by atoms with Crippen LogP contribution in [0.2, 0.25) is 0 Å². The molecule has 1 aromatic carbocycles. The number of amides is 1. The van der Waals surface area contributed by atoms with Crippen molar-refractivity contribution >= 4 is 29.8 Å².